The van der Waals surface area contributed by atoms with Gasteiger partial charge in [0.05, 0.1) is 18.5 Å². The van der Waals surface area contributed by atoms with E-state index in [9.17, 15) is 9.59 Å². The largest absolute Gasteiger partial charge is 0.459 e. The minimum Gasteiger partial charge on any atom is -0.459 e. The SMILES string of the molecule is C/C(=N\NC(=O)CNC(=O)c1ccco1)c1ccccc1. The van der Waals surface area contributed by atoms with Gasteiger partial charge in [-0.05, 0) is 24.6 Å². The van der Waals surface area contributed by atoms with Crippen molar-refractivity contribution in [2.45, 2.75) is 6.92 Å². The van der Waals surface area contributed by atoms with Gasteiger partial charge in [0.1, 0.15) is 0 Å². The van der Waals surface area contributed by atoms with Crippen LogP contribution >= 0.6 is 0 Å². The quantitative estimate of drug-likeness (QED) is 0.645. The molecule has 0 spiro atoms. The van der Waals surface area contributed by atoms with E-state index in [0.29, 0.717) is 5.71 Å². The van der Waals surface area contributed by atoms with Crippen LogP contribution in [0.5, 0.6) is 0 Å². The molecule has 0 fully saturated rings. The highest BCUT2D eigenvalue weighted by Gasteiger charge is 2.09. The lowest BCUT2D eigenvalue weighted by Gasteiger charge is -2.04. The predicted molar refractivity (Wildman–Crippen MR) is 77.8 cm³/mol. The molecule has 1 heterocycles. The number of hydrogen-bond donors (Lipinski definition) is 2. The van der Waals surface area contributed by atoms with Crippen LogP contribution in [-0.4, -0.2) is 24.1 Å². The maximum absolute atomic E-state index is 11.6. The van der Waals surface area contributed by atoms with Gasteiger partial charge in [0.15, 0.2) is 5.76 Å². The topological polar surface area (TPSA) is 83.7 Å². The van der Waals surface area contributed by atoms with E-state index in [-0.39, 0.29) is 12.3 Å². The van der Waals surface area contributed by atoms with Crippen LogP contribution in [0.2, 0.25) is 0 Å². The average Bonchev–Trinajstić information content (AvgIpc) is 3.05. The summed E-state index contributed by atoms with van der Waals surface area (Å²) in [6.45, 7) is 1.61. The Morgan fingerprint density at radius 3 is 2.57 bits per heavy atom. The zero-order valence-corrected chi connectivity index (χ0v) is 11.5. The maximum atomic E-state index is 11.6. The van der Waals surface area contributed by atoms with Crippen molar-refractivity contribution in [1.82, 2.24) is 10.7 Å². The average molecular weight is 285 g/mol. The van der Waals surface area contributed by atoms with Gasteiger partial charge in [-0.1, -0.05) is 30.3 Å². The summed E-state index contributed by atoms with van der Waals surface area (Å²) in [6.07, 6.45) is 1.39. The minimum absolute atomic E-state index is 0.159. The summed E-state index contributed by atoms with van der Waals surface area (Å²) in [5.41, 5.74) is 3.98. The number of carbonyl (C=O) groups is 2. The molecule has 2 N–H and O–H groups in total. The first kappa shape index (κ1) is 14.5. The van der Waals surface area contributed by atoms with Crippen LogP contribution in [0.15, 0.2) is 58.2 Å². The molecule has 0 bridgehead atoms. The Labute approximate surface area is 121 Å². The monoisotopic (exact) mass is 285 g/mol. The highest BCUT2D eigenvalue weighted by Crippen LogP contribution is 2.00. The van der Waals surface area contributed by atoms with Crippen LogP contribution in [0.1, 0.15) is 23.0 Å². The molecular formula is C15H15N3O3. The molecule has 2 amide bonds. The van der Waals surface area contributed by atoms with E-state index in [1.807, 2.05) is 30.3 Å². The lowest BCUT2D eigenvalue weighted by molar-refractivity contribution is -0.120. The van der Waals surface area contributed by atoms with Crippen molar-refractivity contribution in [1.29, 1.82) is 0 Å². The van der Waals surface area contributed by atoms with Crippen LogP contribution in [0.3, 0.4) is 0 Å². The summed E-state index contributed by atoms with van der Waals surface area (Å²) in [7, 11) is 0. The number of amides is 2. The van der Waals surface area contributed by atoms with Crippen LogP contribution < -0.4 is 10.7 Å². The van der Waals surface area contributed by atoms with Gasteiger partial charge in [-0.25, -0.2) is 5.43 Å². The second-order valence-electron chi connectivity index (χ2n) is 4.26. The molecule has 0 saturated heterocycles. The first-order valence-electron chi connectivity index (χ1n) is 6.37. The molecule has 0 aliphatic rings. The van der Waals surface area contributed by atoms with Gasteiger partial charge >= 0.3 is 0 Å². The standard InChI is InChI=1S/C15H15N3O3/c1-11(12-6-3-2-4-7-12)17-18-14(19)10-16-15(20)13-8-5-9-21-13/h2-9H,10H2,1H3,(H,16,20)(H,18,19)/b17-11+. The molecule has 108 valence electrons. The molecule has 6 nitrogen and oxygen atoms in total. The van der Waals surface area contributed by atoms with Gasteiger partial charge in [0.2, 0.25) is 0 Å². The fourth-order valence-electron chi connectivity index (χ4n) is 1.59. The molecule has 0 atom stereocenters. The number of nitrogens with one attached hydrogen (secondary N) is 2. The van der Waals surface area contributed by atoms with E-state index >= 15 is 0 Å². The fraction of sp³-hybridized carbons (Fsp3) is 0.133. The van der Waals surface area contributed by atoms with E-state index < -0.39 is 11.8 Å². The van der Waals surface area contributed by atoms with Crippen molar-refractivity contribution in [3.8, 4) is 0 Å². The van der Waals surface area contributed by atoms with Gasteiger partial charge in [-0.15, -0.1) is 0 Å². The molecule has 0 aliphatic carbocycles. The number of hydrogen-bond acceptors (Lipinski definition) is 4. The number of rotatable bonds is 5. The first-order valence-corrected chi connectivity index (χ1v) is 6.37. The van der Waals surface area contributed by atoms with E-state index in [2.05, 4.69) is 15.8 Å². The number of benzene rings is 1. The molecule has 21 heavy (non-hydrogen) atoms. The molecular weight excluding hydrogens is 270 g/mol. The highest BCUT2D eigenvalue weighted by molar-refractivity contribution is 5.99. The number of nitrogens with zero attached hydrogens (tertiary/aromatic N) is 1. The third kappa shape index (κ3) is 4.31. The minimum atomic E-state index is -0.445. The number of carbonyl (C=O) groups excluding carboxylic acids is 2. The van der Waals surface area contributed by atoms with Crippen molar-refractivity contribution in [3.05, 3.63) is 60.1 Å². The van der Waals surface area contributed by atoms with E-state index in [4.69, 9.17) is 4.42 Å². The molecule has 0 unspecified atom stereocenters. The normalized spacial score (nSPS) is 11.0. The summed E-state index contributed by atoms with van der Waals surface area (Å²) in [5.74, 6) is -0.698. The summed E-state index contributed by atoms with van der Waals surface area (Å²) < 4.78 is 4.91. The molecule has 2 aromatic rings. The van der Waals surface area contributed by atoms with Gasteiger partial charge < -0.3 is 9.73 Å². The molecule has 0 aliphatic heterocycles. The summed E-state index contributed by atoms with van der Waals surface area (Å²) >= 11 is 0. The second-order valence-corrected chi connectivity index (χ2v) is 4.26. The second kappa shape index (κ2) is 7.04. The smallest absolute Gasteiger partial charge is 0.287 e. The molecule has 6 heteroatoms. The van der Waals surface area contributed by atoms with Crippen molar-refractivity contribution in [2.75, 3.05) is 6.54 Å². The first-order chi connectivity index (χ1) is 10.2. The van der Waals surface area contributed by atoms with Gasteiger partial charge in [0.25, 0.3) is 11.8 Å². The fourth-order valence-corrected chi connectivity index (χ4v) is 1.59. The van der Waals surface area contributed by atoms with Crippen molar-refractivity contribution < 1.29 is 14.0 Å². The number of furan rings is 1. The zero-order valence-electron chi connectivity index (χ0n) is 11.5. The summed E-state index contributed by atoms with van der Waals surface area (Å²) in [4.78, 5) is 23.1. The predicted octanol–water partition coefficient (Wildman–Crippen LogP) is 1.55. The molecule has 1 aromatic carbocycles. The summed E-state index contributed by atoms with van der Waals surface area (Å²) in [5, 5.41) is 6.41. The molecule has 0 radical (unpaired) electrons. The van der Waals surface area contributed by atoms with E-state index in [1.165, 1.54) is 12.3 Å². The van der Waals surface area contributed by atoms with Crippen LogP contribution in [-0.2, 0) is 4.79 Å². The van der Waals surface area contributed by atoms with Crippen molar-refractivity contribution in [2.24, 2.45) is 5.10 Å². The van der Waals surface area contributed by atoms with E-state index in [1.54, 1.807) is 13.0 Å². The van der Waals surface area contributed by atoms with Gasteiger partial charge in [0, 0.05) is 0 Å². The van der Waals surface area contributed by atoms with Crippen LogP contribution in [0, 0.1) is 0 Å². The third-order valence-electron chi connectivity index (χ3n) is 2.69. The van der Waals surface area contributed by atoms with Crippen LogP contribution in [0.4, 0.5) is 0 Å². The van der Waals surface area contributed by atoms with Crippen molar-refractivity contribution in [3.63, 3.8) is 0 Å². The number of hydrazone groups is 1. The lowest BCUT2D eigenvalue weighted by Crippen LogP contribution is -2.35. The Bertz CT molecular complexity index is 633. The summed E-state index contributed by atoms with van der Waals surface area (Å²) in [6, 6.07) is 12.6. The van der Waals surface area contributed by atoms with Crippen molar-refractivity contribution >= 4 is 17.5 Å². The van der Waals surface area contributed by atoms with Crippen LogP contribution in [0.25, 0.3) is 0 Å². The Hall–Kier alpha value is -2.89. The van der Waals surface area contributed by atoms with Gasteiger partial charge in [-0.3, -0.25) is 9.59 Å². The maximum Gasteiger partial charge on any atom is 0.287 e. The van der Waals surface area contributed by atoms with Gasteiger partial charge in [-0.2, -0.15) is 5.10 Å². The lowest BCUT2D eigenvalue weighted by atomic mass is 10.1. The Morgan fingerprint density at radius 1 is 1.14 bits per heavy atom. The van der Waals surface area contributed by atoms with E-state index in [0.717, 1.165) is 5.56 Å². The zero-order chi connectivity index (χ0) is 15.1. The Balaban J connectivity index is 1.81. The Morgan fingerprint density at radius 2 is 1.90 bits per heavy atom. The molecule has 2 rings (SSSR count). The molecule has 1 aromatic heterocycles. The highest BCUT2D eigenvalue weighted by atomic mass is 16.3. The molecule has 0 saturated carbocycles. The Kier molecular flexibility index (Phi) is 4.87. The third-order valence-corrected chi connectivity index (χ3v) is 2.69.